The molecule has 4 nitrogen and oxygen atoms in total. The Morgan fingerprint density at radius 2 is 0.667 bits per heavy atom. The maximum atomic E-state index is 2.71. The Bertz CT molecular complexity index is 600. The van der Waals surface area contributed by atoms with Crippen molar-refractivity contribution in [3.63, 3.8) is 0 Å². The number of fused-ring (bicyclic) bond motifs is 6. The summed E-state index contributed by atoms with van der Waals surface area (Å²) in [6.07, 6.45) is 7.33. The SMILES string of the molecule is CC(C)C1CC2CC1CN2C(C)C.CC(C)C1CC2CC1CN2C(C)C.CC(C)N1CC2CC1CN2C(C)C. The quantitative estimate of drug-likeness (QED) is 0.354. The summed E-state index contributed by atoms with van der Waals surface area (Å²) < 4.78 is 0. The van der Waals surface area contributed by atoms with Crippen LogP contribution in [0.2, 0.25) is 0 Å². The molecule has 39 heavy (non-hydrogen) atoms. The monoisotopic (exact) mass is 545 g/mol. The molecule has 4 heterocycles. The Kier molecular flexibility index (Phi) is 10.6. The summed E-state index contributed by atoms with van der Waals surface area (Å²) in [5.41, 5.74) is 0. The van der Waals surface area contributed by atoms with E-state index in [-0.39, 0.29) is 0 Å². The summed E-state index contributed by atoms with van der Waals surface area (Å²) in [5, 5.41) is 0. The van der Waals surface area contributed by atoms with Crippen LogP contribution in [0.4, 0.5) is 0 Å². The number of piperazine rings is 1. The molecule has 4 saturated heterocycles. The second-order valence-electron chi connectivity index (χ2n) is 16.3. The Morgan fingerprint density at radius 1 is 0.359 bits per heavy atom. The first-order valence-corrected chi connectivity index (χ1v) is 17.3. The summed E-state index contributed by atoms with van der Waals surface area (Å²) in [7, 11) is 0. The highest BCUT2D eigenvalue weighted by atomic mass is 15.4. The van der Waals surface area contributed by atoms with Crippen LogP contribution in [0.15, 0.2) is 0 Å². The van der Waals surface area contributed by atoms with Crippen molar-refractivity contribution >= 4 is 0 Å². The topological polar surface area (TPSA) is 13.0 Å². The minimum Gasteiger partial charge on any atom is -0.298 e. The van der Waals surface area contributed by atoms with Gasteiger partial charge in [0.15, 0.2) is 0 Å². The molecule has 6 fully saturated rings. The lowest BCUT2D eigenvalue weighted by Gasteiger charge is -2.38. The van der Waals surface area contributed by atoms with E-state index >= 15 is 0 Å². The number of nitrogens with zero attached hydrogens (tertiary/aromatic N) is 4. The molecule has 0 N–H and O–H groups in total. The highest BCUT2D eigenvalue weighted by Gasteiger charge is 2.47. The van der Waals surface area contributed by atoms with Crippen molar-refractivity contribution in [2.24, 2.45) is 35.5 Å². The van der Waals surface area contributed by atoms with Crippen LogP contribution >= 0.6 is 0 Å². The average Bonchev–Trinajstić information content (AvgIpc) is 3.70. The molecule has 8 unspecified atom stereocenters. The van der Waals surface area contributed by atoms with Crippen LogP contribution in [0.1, 0.15) is 115 Å². The van der Waals surface area contributed by atoms with E-state index in [1.165, 1.54) is 58.3 Å². The number of rotatable bonds is 6. The van der Waals surface area contributed by atoms with Crippen molar-refractivity contribution in [3.8, 4) is 0 Å². The lowest BCUT2D eigenvalue weighted by Crippen LogP contribution is -2.50. The van der Waals surface area contributed by atoms with Crippen molar-refractivity contribution in [2.45, 2.75) is 164 Å². The maximum Gasteiger partial charge on any atom is 0.0242 e. The fraction of sp³-hybridized carbons (Fsp3) is 1.00. The molecule has 0 aromatic carbocycles. The van der Waals surface area contributed by atoms with Crippen LogP contribution in [0, 0.1) is 35.5 Å². The first-order valence-electron chi connectivity index (χ1n) is 17.3. The number of likely N-dealkylation sites (tertiary alicyclic amines) is 4. The Morgan fingerprint density at radius 3 is 0.872 bits per heavy atom. The molecule has 2 aliphatic carbocycles. The van der Waals surface area contributed by atoms with Gasteiger partial charge in [0.05, 0.1) is 0 Å². The molecule has 4 aliphatic heterocycles. The molecule has 0 aromatic rings. The summed E-state index contributed by atoms with van der Waals surface area (Å²) in [5.74, 6) is 5.91. The van der Waals surface area contributed by atoms with E-state index in [0.717, 1.165) is 83.8 Å². The molecule has 0 amide bonds. The van der Waals surface area contributed by atoms with Gasteiger partial charge in [0, 0.05) is 74.5 Å². The third-order valence-corrected chi connectivity index (χ3v) is 12.0. The largest absolute Gasteiger partial charge is 0.298 e. The van der Waals surface area contributed by atoms with Gasteiger partial charge in [-0.2, -0.15) is 0 Å². The minimum absolute atomic E-state index is 0.740. The fourth-order valence-electron chi connectivity index (χ4n) is 9.95. The first-order chi connectivity index (χ1) is 18.3. The van der Waals surface area contributed by atoms with Crippen molar-refractivity contribution < 1.29 is 0 Å². The van der Waals surface area contributed by atoms with E-state index in [2.05, 4.69) is 103 Å². The minimum atomic E-state index is 0.740. The molecule has 0 radical (unpaired) electrons. The van der Waals surface area contributed by atoms with Gasteiger partial charge in [0.1, 0.15) is 0 Å². The zero-order valence-electron chi connectivity index (χ0n) is 28.2. The van der Waals surface area contributed by atoms with E-state index in [1.807, 2.05) is 0 Å². The van der Waals surface area contributed by atoms with Crippen LogP contribution in [-0.4, -0.2) is 94.1 Å². The molecule has 228 valence electrons. The maximum absolute atomic E-state index is 2.71. The molecule has 8 atom stereocenters. The van der Waals surface area contributed by atoms with E-state index < -0.39 is 0 Å². The first kappa shape index (κ1) is 31.8. The van der Waals surface area contributed by atoms with Gasteiger partial charge in [-0.15, -0.1) is 0 Å². The highest BCUT2D eigenvalue weighted by molar-refractivity contribution is 5.02. The fourth-order valence-corrected chi connectivity index (χ4v) is 9.95. The van der Waals surface area contributed by atoms with E-state index in [9.17, 15) is 0 Å². The number of hydrogen-bond acceptors (Lipinski definition) is 4. The summed E-state index contributed by atoms with van der Waals surface area (Å²) in [4.78, 5) is 10.8. The molecule has 6 aliphatic rings. The van der Waals surface area contributed by atoms with Gasteiger partial charge in [0.25, 0.3) is 0 Å². The van der Waals surface area contributed by atoms with Crippen molar-refractivity contribution in [1.29, 1.82) is 0 Å². The van der Waals surface area contributed by atoms with Crippen molar-refractivity contribution in [3.05, 3.63) is 0 Å². The summed E-state index contributed by atoms with van der Waals surface area (Å²) in [6, 6.07) is 6.58. The molecule has 4 heteroatoms. The van der Waals surface area contributed by atoms with Crippen LogP contribution < -0.4 is 0 Å². The highest BCUT2D eigenvalue weighted by Crippen LogP contribution is 2.47. The molecule has 2 saturated carbocycles. The van der Waals surface area contributed by atoms with Gasteiger partial charge in [-0.3, -0.25) is 19.6 Å². The van der Waals surface area contributed by atoms with Gasteiger partial charge in [-0.1, -0.05) is 27.7 Å². The van der Waals surface area contributed by atoms with Gasteiger partial charge >= 0.3 is 0 Å². The van der Waals surface area contributed by atoms with Crippen molar-refractivity contribution in [1.82, 2.24) is 19.6 Å². The van der Waals surface area contributed by atoms with E-state index in [1.54, 1.807) is 0 Å². The lowest BCUT2D eigenvalue weighted by atomic mass is 9.84. The standard InChI is InChI=1S/2C12H23N.C11H22N2/c3*1-8(2)12-6-11-5-10(12)7-13(11)9(3)4/h2*8-12H,5-7H2,1-4H3;8-11H,5-7H2,1-4H3. The van der Waals surface area contributed by atoms with Crippen LogP contribution in [0.3, 0.4) is 0 Å². The number of hydrogen-bond donors (Lipinski definition) is 0. The summed E-state index contributed by atoms with van der Waals surface area (Å²) in [6.45, 7) is 33.6. The Hall–Kier alpha value is -0.160. The second-order valence-corrected chi connectivity index (χ2v) is 16.3. The third kappa shape index (κ3) is 6.91. The van der Waals surface area contributed by atoms with Crippen LogP contribution in [0.25, 0.3) is 0 Å². The van der Waals surface area contributed by atoms with Gasteiger partial charge < -0.3 is 0 Å². The van der Waals surface area contributed by atoms with E-state index in [0.29, 0.717) is 0 Å². The third-order valence-electron chi connectivity index (χ3n) is 12.0. The Labute approximate surface area is 244 Å². The van der Waals surface area contributed by atoms with Gasteiger partial charge in [-0.05, 0) is 123 Å². The second kappa shape index (κ2) is 13.0. The van der Waals surface area contributed by atoms with E-state index in [4.69, 9.17) is 0 Å². The van der Waals surface area contributed by atoms with Crippen molar-refractivity contribution in [2.75, 3.05) is 26.2 Å². The molecular weight excluding hydrogens is 476 g/mol. The Balaban J connectivity index is 0.000000136. The zero-order chi connectivity index (χ0) is 28.8. The number of piperidine rings is 2. The molecule has 6 rings (SSSR count). The van der Waals surface area contributed by atoms with Gasteiger partial charge in [0.2, 0.25) is 0 Å². The smallest absolute Gasteiger partial charge is 0.0242 e. The van der Waals surface area contributed by atoms with Gasteiger partial charge in [-0.25, -0.2) is 0 Å². The average molecular weight is 545 g/mol. The zero-order valence-corrected chi connectivity index (χ0v) is 28.2. The predicted octanol–water partition coefficient (Wildman–Crippen LogP) is 7.08. The molecule has 0 aromatic heterocycles. The predicted molar refractivity (Wildman–Crippen MR) is 169 cm³/mol. The normalized spacial score (nSPS) is 38.3. The lowest BCUT2D eigenvalue weighted by molar-refractivity contribution is 0.0849. The van der Waals surface area contributed by atoms with Crippen LogP contribution in [-0.2, 0) is 0 Å². The molecular formula is C35H68N4. The van der Waals surface area contributed by atoms with Crippen LogP contribution in [0.5, 0.6) is 0 Å². The molecule has 6 bridgehead atoms. The summed E-state index contributed by atoms with van der Waals surface area (Å²) >= 11 is 0. The molecule has 0 spiro atoms.